The van der Waals surface area contributed by atoms with Crippen LogP contribution in [-0.4, -0.2) is 35.8 Å². The van der Waals surface area contributed by atoms with E-state index in [9.17, 15) is 18.7 Å². The van der Waals surface area contributed by atoms with Crippen LogP contribution in [-0.2, 0) is 0 Å². The Hall–Kier alpha value is -2.88. The number of guanidine groups is 1. The van der Waals surface area contributed by atoms with E-state index >= 15 is 0 Å². The number of hydrazine groups is 1. The summed E-state index contributed by atoms with van der Waals surface area (Å²) in [4.78, 5) is 17.1. The number of halogens is 2. The van der Waals surface area contributed by atoms with Crippen LogP contribution in [0.3, 0.4) is 0 Å². The smallest absolute Gasteiger partial charge is 0.257 e. The number of carbonyl (C=O) groups is 1. The van der Waals surface area contributed by atoms with Gasteiger partial charge in [0.25, 0.3) is 5.91 Å². The molecule has 0 spiro atoms. The SMILES string of the molecule is Cc1cc(C(=O)NC(=NC2CC(c3ccc(F)cc3)NN2)N[C@@H](C)CO)ccc1F. The molecule has 0 aromatic heterocycles. The van der Waals surface area contributed by atoms with Crippen LogP contribution in [0.2, 0.25) is 0 Å². The number of nitrogens with zero attached hydrogens (tertiary/aromatic N) is 1. The van der Waals surface area contributed by atoms with Crippen molar-refractivity contribution in [2.75, 3.05) is 6.61 Å². The predicted molar refractivity (Wildman–Crippen MR) is 110 cm³/mol. The Bertz CT molecular complexity index is 920. The Labute approximate surface area is 173 Å². The van der Waals surface area contributed by atoms with E-state index in [1.165, 1.54) is 30.3 Å². The zero-order valence-electron chi connectivity index (χ0n) is 16.7. The van der Waals surface area contributed by atoms with Gasteiger partial charge >= 0.3 is 0 Å². The van der Waals surface area contributed by atoms with Gasteiger partial charge in [0.15, 0.2) is 5.96 Å². The molecule has 5 N–H and O–H groups in total. The zero-order chi connectivity index (χ0) is 21.7. The Balaban J connectivity index is 1.72. The number of hydrogen-bond donors (Lipinski definition) is 5. The molecule has 160 valence electrons. The van der Waals surface area contributed by atoms with Crippen molar-refractivity contribution in [2.24, 2.45) is 4.99 Å². The van der Waals surface area contributed by atoms with Crippen LogP contribution in [0.5, 0.6) is 0 Å². The first kappa shape index (κ1) is 21.8. The van der Waals surface area contributed by atoms with Crippen LogP contribution in [0.1, 0.15) is 40.9 Å². The second-order valence-electron chi connectivity index (χ2n) is 7.27. The first-order valence-corrected chi connectivity index (χ1v) is 9.65. The first-order valence-electron chi connectivity index (χ1n) is 9.65. The Morgan fingerprint density at radius 3 is 2.63 bits per heavy atom. The number of aliphatic hydroxyl groups is 1. The highest BCUT2D eigenvalue weighted by Gasteiger charge is 2.25. The summed E-state index contributed by atoms with van der Waals surface area (Å²) >= 11 is 0. The summed E-state index contributed by atoms with van der Waals surface area (Å²) in [7, 11) is 0. The minimum atomic E-state index is -0.449. The van der Waals surface area contributed by atoms with Gasteiger partial charge in [-0.25, -0.2) is 24.6 Å². The molecule has 1 heterocycles. The summed E-state index contributed by atoms with van der Waals surface area (Å²) in [6, 6.07) is 9.86. The van der Waals surface area contributed by atoms with Crippen molar-refractivity contribution in [3.63, 3.8) is 0 Å². The molecule has 2 unspecified atom stereocenters. The highest BCUT2D eigenvalue weighted by atomic mass is 19.1. The van der Waals surface area contributed by atoms with Gasteiger partial charge in [0.2, 0.25) is 0 Å². The molecule has 9 heteroatoms. The van der Waals surface area contributed by atoms with E-state index in [0.717, 1.165) is 5.56 Å². The lowest BCUT2D eigenvalue weighted by atomic mass is 10.0. The molecule has 30 heavy (non-hydrogen) atoms. The maximum absolute atomic E-state index is 13.5. The summed E-state index contributed by atoms with van der Waals surface area (Å²) in [5.41, 5.74) is 7.70. The summed E-state index contributed by atoms with van der Waals surface area (Å²) in [6.07, 6.45) is 0.194. The van der Waals surface area contributed by atoms with E-state index in [1.807, 2.05) is 0 Å². The number of nitrogens with one attached hydrogen (secondary N) is 4. The van der Waals surface area contributed by atoms with Crippen LogP contribution >= 0.6 is 0 Å². The van der Waals surface area contributed by atoms with Gasteiger partial charge in [0.1, 0.15) is 17.8 Å². The second-order valence-corrected chi connectivity index (χ2v) is 7.27. The third kappa shape index (κ3) is 5.59. The fourth-order valence-electron chi connectivity index (χ4n) is 3.04. The van der Waals surface area contributed by atoms with Crippen molar-refractivity contribution >= 4 is 11.9 Å². The van der Waals surface area contributed by atoms with Crippen LogP contribution in [0, 0.1) is 18.6 Å². The number of hydrogen-bond acceptors (Lipinski definition) is 5. The maximum atomic E-state index is 13.5. The summed E-state index contributed by atoms with van der Waals surface area (Å²) in [5, 5.41) is 15.0. The van der Waals surface area contributed by atoms with Gasteiger partial charge in [-0.15, -0.1) is 0 Å². The Morgan fingerprint density at radius 2 is 1.97 bits per heavy atom. The number of benzene rings is 2. The molecule has 0 bridgehead atoms. The molecule has 0 aliphatic carbocycles. The van der Waals surface area contributed by atoms with Crippen molar-refractivity contribution in [3.8, 4) is 0 Å². The van der Waals surface area contributed by atoms with Gasteiger partial charge in [-0.2, -0.15) is 0 Å². The van der Waals surface area contributed by atoms with Crippen LogP contribution in [0.15, 0.2) is 47.5 Å². The molecular weight excluding hydrogens is 392 g/mol. The second kappa shape index (κ2) is 9.75. The normalized spacial score (nSPS) is 20.1. The largest absolute Gasteiger partial charge is 0.394 e. The quantitative estimate of drug-likeness (QED) is 0.378. The number of amides is 1. The summed E-state index contributed by atoms with van der Waals surface area (Å²) in [6.45, 7) is 3.17. The molecule has 1 fully saturated rings. The highest BCUT2D eigenvalue weighted by Crippen LogP contribution is 2.22. The van der Waals surface area contributed by atoms with Crippen molar-refractivity contribution in [3.05, 3.63) is 70.8 Å². The molecule has 2 aromatic carbocycles. The topological polar surface area (TPSA) is 97.8 Å². The predicted octanol–water partition coefficient (Wildman–Crippen LogP) is 1.89. The van der Waals surface area contributed by atoms with E-state index in [1.54, 1.807) is 26.0 Å². The molecule has 1 aliphatic rings. The Kier molecular flexibility index (Phi) is 7.09. The molecule has 0 radical (unpaired) electrons. The molecule has 1 aliphatic heterocycles. The van der Waals surface area contributed by atoms with Crippen molar-refractivity contribution < 1.29 is 18.7 Å². The van der Waals surface area contributed by atoms with E-state index in [0.29, 0.717) is 17.5 Å². The number of aryl methyl sites for hydroxylation is 1. The lowest BCUT2D eigenvalue weighted by Gasteiger charge is -2.17. The van der Waals surface area contributed by atoms with Gasteiger partial charge in [-0.1, -0.05) is 12.1 Å². The van der Waals surface area contributed by atoms with Crippen LogP contribution < -0.4 is 21.5 Å². The molecule has 1 saturated heterocycles. The third-order valence-electron chi connectivity index (χ3n) is 4.75. The van der Waals surface area contributed by atoms with Crippen molar-refractivity contribution in [1.29, 1.82) is 0 Å². The van der Waals surface area contributed by atoms with Gasteiger partial charge in [0.05, 0.1) is 6.61 Å². The molecule has 2 aromatic rings. The minimum Gasteiger partial charge on any atom is -0.394 e. The van der Waals surface area contributed by atoms with Gasteiger partial charge in [-0.05, 0) is 55.3 Å². The molecule has 7 nitrogen and oxygen atoms in total. The lowest BCUT2D eigenvalue weighted by molar-refractivity contribution is 0.0975. The average molecular weight is 417 g/mol. The van der Waals surface area contributed by atoms with Crippen molar-refractivity contribution in [2.45, 2.75) is 38.5 Å². The van der Waals surface area contributed by atoms with E-state index < -0.39 is 5.91 Å². The van der Waals surface area contributed by atoms with Gasteiger partial charge in [0, 0.05) is 24.1 Å². The average Bonchev–Trinajstić information content (AvgIpc) is 3.18. The third-order valence-corrected chi connectivity index (χ3v) is 4.75. The fourth-order valence-corrected chi connectivity index (χ4v) is 3.04. The van der Waals surface area contributed by atoms with E-state index in [2.05, 4.69) is 26.5 Å². The standard InChI is InChI=1S/C21H25F2N5O2/c1-12-9-15(5-8-17(12)23)20(30)26-21(24-13(2)11-29)25-19-10-18(27-28-19)14-3-6-16(22)7-4-14/h3-9,13,18-19,27-29H,10-11H2,1-2H3,(H2,24,25,26,30)/t13-,18?,19?/m0/s1. The zero-order valence-corrected chi connectivity index (χ0v) is 16.7. The molecule has 3 rings (SSSR count). The number of aliphatic hydroxyl groups excluding tert-OH is 1. The Morgan fingerprint density at radius 1 is 1.23 bits per heavy atom. The number of carbonyl (C=O) groups excluding carboxylic acids is 1. The van der Waals surface area contributed by atoms with Gasteiger partial charge < -0.3 is 10.4 Å². The lowest BCUT2D eigenvalue weighted by Crippen LogP contribution is -2.47. The van der Waals surface area contributed by atoms with E-state index in [-0.39, 0.29) is 42.5 Å². The van der Waals surface area contributed by atoms with Gasteiger partial charge in [-0.3, -0.25) is 10.1 Å². The minimum absolute atomic E-state index is 0.0775. The fraction of sp³-hybridized carbons (Fsp3) is 0.333. The molecule has 3 atom stereocenters. The van der Waals surface area contributed by atoms with Crippen LogP contribution in [0.25, 0.3) is 0 Å². The molecule has 0 saturated carbocycles. The maximum Gasteiger partial charge on any atom is 0.257 e. The molecular formula is C21H25F2N5O2. The van der Waals surface area contributed by atoms with E-state index in [4.69, 9.17) is 0 Å². The van der Waals surface area contributed by atoms with Crippen molar-refractivity contribution in [1.82, 2.24) is 21.5 Å². The monoisotopic (exact) mass is 417 g/mol. The number of aliphatic imine (C=N–C) groups is 1. The number of rotatable bonds is 5. The molecule has 1 amide bonds. The first-order chi connectivity index (χ1) is 14.4. The van der Waals surface area contributed by atoms with Crippen LogP contribution in [0.4, 0.5) is 8.78 Å². The highest BCUT2D eigenvalue weighted by molar-refractivity contribution is 6.05. The summed E-state index contributed by atoms with van der Waals surface area (Å²) in [5.74, 6) is -0.957. The summed E-state index contributed by atoms with van der Waals surface area (Å²) < 4.78 is 26.6.